The van der Waals surface area contributed by atoms with E-state index in [0.29, 0.717) is 0 Å². The molecule has 0 saturated carbocycles. The Hall–Kier alpha value is -0.820. The van der Waals surface area contributed by atoms with E-state index in [2.05, 4.69) is 52.8 Å². The van der Waals surface area contributed by atoms with Crippen molar-refractivity contribution in [3.63, 3.8) is 0 Å². The molecule has 0 aliphatic carbocycles. The predicted molar refractivity (Wildman–Crippen MR) is 69.7 cm³/mol. The molecule has 0 bridgehead atoms. The van der Waals surface area contributed by atoms with Crippen molar-refractivity contribution in [1.29, 1.82) is 0 Å². The third-order valence-corrected chi connectivity index (χ3v) is 3.52. The van der Waals surface area contributed by atoms with Crippen molar-refractivity contribution in [3.05, 3.63) is 34.9 Å². The standard InChI is InChI=1S/C15H24O/c1-6-15(4,5)14(16)10-13-8-11(2)7-12(3)9-13/h7-9,14,16H,6,10H2,1-5H3. The number of rotatable bonds is 4. The largest absolute Gasteiger partial charge is 0.392 e. The van der Waals surface area contributed by atoms with Crippen molar-refractivity contribution < 1.29 is 5.11 Å². The Bertz CT molecular complexity index is 332. The van der Waals surface area contributed by atoms with E-state index < -0.39 is 0 Å². The molecular formula is C15H24O. The summed E-state index contributed by atoms with van der Waals surface area (Å²) in [6.07, 6.45) is 1.49. The first-order chi connectivity index (χ1) is 7.35. The van der Waals surface area contributed by atoms with Crippen LogP contribution in [0.3, 0.4) is 0 Å². The van der Waals surface area contributed by atoms with E-state index in [0.717, 1.165) is 12.8 Å². The summed E-state index contributed by atoms with van der Waals surface area (Å²) in [6.45, 7) is 10.6. The summed E-state index contributed by atoms with van der Waals surface area (Å²) in [6, 6.07) is 6.50. The van der Waals surface area contributed by atoms with Crippen LogP contribution in [0.1, 0.15) is 43.9 Å². The van der Waals surface area contributed by atoms with E-state index in [1.54, 1.807) is 0 Å². The van der Waals surface area contributed by atoms with Crippen molar-refractivity contribution in [2.24, 2.45) is 5.41 Å². The van der Waals surface area contributed by atoms with Gasteiger partial charge in [0, 0.05) is 0 Å². The monoisotopic (exact) mass is 220 g/mol. The molecule has 1 heteroatoms. The molecule has 0 saturated heterocycles. The lowest BCUT2D eigenvalue weighted by atomic mass is 9.81. The number of benzene rings is 1. The zero-order chi connectivity index (χ0) is 12.3. The Kier molecular flexibility index (Phi) is 4.15. The molecule has 1 N–H and O–H groups in total. The predicted octanol–water partition coefficient (Wildman–Crippen LogP) is 3.64. The van der Waals surface area contributed by atoms with Crippen molar-refractivity contribution >= 4 is 0 Å². The highest BCUT2D eigenvalue weighted by atomic mass is 16.3. The smallest absolute Gasteiger partial charge is 0.0631 e. The molecule has 1 aromatic carbocycles. The van der Waals surface area contributed by atoms with Crippen LogP contribution in [0.25, 0.3) is 0 Å². The van der Waals surface area contributed by atoms with Gasteiger partial charge in [0.05, 0.1) is 6.10 Å². The van der Waals surface area contributed by atoms with Gasteiger partial charge in [-0.1, -0.05) is 50.1 Å². The number of aryl methyl sites for hydroxylation is 2. The summed E-state index contributed by atoms with van der Waals surface area (Å²) in [5.74, 6) is 0. The molecule has 0 amide bonds. The maximum atomic E-state index is 10.2. The van der Waals surface area contributed by atoms with Gasteiger partial charge in [-0.2, -0.15) is 0 Å². The minimum atomic E-state index is -0.265. The van der Waals surface area contributed by atoms with E-state index in [1.165, 1.54) is 16.7 Å². The summed E-state index contributed by atoms with van der Waals surface area (Å²) >= 11 is 0. The second-order valence-electron chi connectivity index (χ2n) is 5.56. The Morgan fingerprint density at radius 2 is 1.62 bits per heavy atom. The molecule has 0 spiro atoms. The maximum absolute atomic E-state index is 10.2. The average molecular weight is 220 g/mol. The second kappa shape index (κ2) is 5.01. The first-order valence-electron chi connectivity index (χ1n) is 6.10. The molecule has 0 heterocycles. The molecular weight excluding hydrogens is 196 g/mol. The highest BCUT2D eigenvalue weighted by Crippen LogP contribution is 2.27. The quantitative estimate of drug-likeness (QED) is 0.821. The lowest BCUT2D eigenvalue weighted by molar-refractivity contribution is 0.0479. The molecule has 1 atom stereocenters. The van der Waals surface area contributed by atoms with E-state index in [9.17, 15) is 5.11 Å². The number of aliphatic hydroxyl groups is 1. The van der Waals surface area contributed by atoms with Crippen LogP contribution in [-0.4, -0.2) is 11.2 Å². The third kappa shape index (κ3) is 3.34. The highest BCUT2D eigenvalue weighted by Gasteiger charge is 2.25. The average Bonchev–Trinajstić information content (AvgIpc) is 2.15. The summed E-state index contributed by atoms with van der Waals surface area (Å²) in [4.78, 5) is 0. The van der Waals surface area contributed by atoms with Gasteiger partial charge in [0.25, 0.3) is 0 Å². The summed E-state index contributed by atoms with van der Waals surface area (Å²) in [5, 5.41) is 10.2. The fourth-order valence-electron chi connectivity index (χ4n) is 1.92. The molecule has 0 radical (unpaired) electrons. The number of aliphatic hydroxyl groups excluding tert-OH is 1. The van der Waals surface area contributed by atoms with E-state index in [-0.39, 0.29) is 11.5 Å². The molecule has 1 unspecified atom stereocenters. The maximum Gasteiger partial charge on any atom is 0.0631 e. The van der Waals surface area contributed by atoms with Crippen LogP contribution in [0.2, 0.25) is 0 Å². The van der Waals surface area contributed by atoms with Gasteiger partial charge in [0.2, 0.25) is 0 Å². The fourth-order valence-corrected chi connectivity index (χ4v) is 1.92. The fraction of sp³-hybridized carbons (Fsp3) is 0.600. The van der Waals surface area contributed by atoms with Gasteiger partial charge in [-0.25, -0.2) is 0 Å². The van der Waals surface area contributed by atoms with Gasteiger partial charge in [-0.3, -0.25) is 0 Å². The van der Waals surface area contributed by atoms with Crippen LogP contribution in [0.15, 0.2) is 18.2 Å². The normalized spacial score (nSPS) is 13.9. The topological polar surface area (TPSA) is 20.2 Å². The van der Waals surface area contributed by atoms with Crippen LogP contribution < -0.4 is 0 Å². The van der Waals surface area contributed by atoms with Crippen LogP contribution in [-0.2, 0) is 6.42 Å². The molecule has 0 aliphatic heterocycles. The Morgan fingerprint density at radius 3 is 2.06 bits per heavy atom. The van der Waals surface area contributed by atoms with Gasteiger partial charge in [0.1, 0.15) is 0 Å². The summed E-state index contributed by atoms with van der Waals surface area (Å²) in [5.41, 5.74) is 3.79. The second-order valence-corrected chi connectivity index (χ2v) is 5.56. The Morgan fingerprint density at radius 1 is 1.12 bits per heavy atom. The first-order valence-corrected chi connectivity index (χ1v) is 6.10. The molecule has 0 aliphatic rings. The van der Waals surface area contributed by atoms with Crippen molar-refractivity contribution in [3.8, 4) is 0 Å². The number of hydrogen-bond acceptors (Lipinski definition) is 1. The van der Waals surface area contributed by atoms with Crippen molar-refractivity contribution in [1.82, 2.24) is 0 Å². The van der Waals surface area contributed by atoms with E-state index in [1.807, 2.05) is 0 Å². The zero-order valence-electron chi connectivity index (χ0n) is 11.2. The van der Waals surface area contributed by atoms with Gasteiger partial charge < -0.3 is 5.11 Å². The zero-order valence-corrected chi connectivity index (χ0v) is 11.2. The minimum Gasteiger partial charge on any atom is -0.392 e. The lowest BCUT2D eigenvalue weighted by Crippen LogP contribution is -2.30. The third-order valence-electron chi connectivity index (χ3n) is 3.52. The van der Waals surface area contributed by atoms with Crippen molar-refractivity contribution in [2.75, 3.05) is 0 Å². The van der Waals surface area contributed by atoms with Gasteiger partial charge >= 0.3 is 0 Å². The molecule has 16 heavy (non-hydrogen) atoms. The van der Waals surface area contributed by atoms with Crippen LogP contribution in [0.4, 0.5) is 0 Å². The Labute approximate surface area is 99.5 Å². The summed E-state index contributed by atoms with van der Waals surface area (Å²) in [7, 11) is 0. The van der Waals surface area contributed by atoms with Gasteiger partial charge in [0.15, 0.2) is 0 Å². The lowest BCUT2D eigenvalue weighted by Gasteiger charge is -2.29. The van der Waals surface area contributed by atoms with E-state index >= 15 is 0 Å². The van der Waals surface area contributed by atoms with Crippen LogP contribution in [0.5, 0.6) is 0 Å². The highest BCUT2D eigenvalue weighted by molar-refractivity contribution is 5.29. The summed E-state index contributed by atoms with van der Waals surface area (Å²) < 4.78 is 0. The first kappa shape index (κ1) is 13.2. The molecule has 0 aromatic heterocycles. The molecule has 90 valence electrons. The molecule has 1 nitrogen and oxygen atoms in total. The molecule has 1 rings (SSSR count). The van der Waals surface area contributed by atoms with Gasteiger partial charge in [-0.15, -0.1) is 0 Å². The molecule has 1 aromatic rings. The van der Waals surface area contributed by atoms with Crippen LogP contribution in [0, 0.1) is 19.3 Å². The van der Waals surface area contributed by atoms with Crippen LogP contribution >= 0.6 is 0 Å². The molecule has 0 fully saturated rings. The number of hydrogen-bond donors (Lipinski definition) is 1. The van der Waals surface area contributed by atoms with Crippen molar-refractivity contribution in [2.45, 2.75) is 53.6 Å². The Balaban J connectivity index is 2.80. The van der Waals surface area contributed by atoms with E-state index in [4.69, 9.17) is 0 Å². The SMILES string of the molecule is CCC(C)(C)C(O)Cc1cc(C)cc(C)c1. The minimum absolute atomic E-state index is 0.00233. The van der Waals surface area contributed by atoms with Gasteiger partial charge in [-0.05, 0) is 37.7 Å².